The fourth-order valence-corrected chi connectivity index (χ4v) is 2.10. The van der Waals surface area contributed by atoms with E-state index < -0.39 is 0 Å². The number of hydrogen-bond donors (Lipinski definition) is 1. The van der Waals surface area contributed by atoms with E-state index in [9.17, 15) is 0 Å². The molecule has 1 aliphatic rings. The Bertz CT molecular complexity index is 316. The predicted molar refractivity (Wildman–Crippen MR) is 65.2 cm³/mol. The molecule has 0 spiro atoms. The molecule has 1 aromatic rings. The van der Waals surface area contributed by atoms with Gasteiger partial charge in [-0.05, 0) is 50.3 Å². The van der Waals surface area contributed by atoms with Crippen molar-refractivity contribution < 1.29 is 0 Å². The van der Waals surface area contributed by atoms with Crippen molar-refractivity contribution in [2.75, 3.05) is 0 Å². The molecule has 1 saturated carbocycles. The van der Waals surface area contributed by atoms with Gasteiger partial charge < -0.3 is 5.32 Å². The second-order valence-corrected chi connectivity index (χ2v) is 5.00. The van der Waals surface area contributed by atoms with Gasteiger partial charge >= 0.3 is 0 Å². The van der Waals surface area contributed by atoms with Crippen molar-refractivity contribution in [1.29, 1.82) is 0 Å². The van der Waals surface area contributed by atoms with Crippen LogP contribution in [-0.4, -0.2) is 6.04 Å². The number of halogens is 1. The quantitative estimate of drug-likeness (QED) is 0.819. The summed E-state index contributed by atoms with van der Waals surface area (Å²) in [4.78, 5) is 0. The maximum atomic E-state index is 5.86. The Labute approximate surface area is 96.8 Å². The highest BCUT2D eigenvalue weighted by Crippen LogP contribution is 2.33. The Balaban J connectivity index is 1.94. The molecule has 1 unspecified atom stereocenters. The van der Waals surface area contributed by atoms with Crippen LogP contribution < -0.4 is 5.32 Å². The van der Waals surface area contributed by atoms with Gasteiger partial charge in [-0.3, -0.25) is 0 Å². The van der Waals surface area contributed by atoms with E-state index in [0.29, 0.717) is 12.1 Å². The number of nitrogens with one attached hydrogen (secondary N) is 1. The van der Waals surface area contributed by atoms with E-state index in [1.807, 2.05) is 12.1 Å². The largest absolute Gasteiger partial charge is 0.307 e. The lowest BCUT2D eigenvalue weighted by atomic mass is 10.1. The third kappa shape index (κ3) is 2.96. The van der Waals surface area contributed by atoms with E-state index >= 15 is 0 Å². The van der Waals surface area contributed by atoms with Gasteiger partial charge in [0.15, 0.2) is 0 Å². The van der Waals surface area contributed by atoms with Gasteiger partial charge in [0.25, 0.3) is 0 Å². The SMILES string of the molecule is CC(N[C@H](C)c1ccc(Cl)cc1)C1CC1. The number of hydrogen-bond acceptors (Lipinski definition) is 1. The standard InChI is InChI=1S/C13H18ClN/c1-9(11-3-4-11)15-10(2)12-5-7-13(14)8-6-12/h5-11,15H,3-4H2,1-2H3/t9?,10-/m1/s1. The van der Waals surface area contributed by atoms with Crippen LogP contribution in [0.25, 0.3) is 0 Å². The van der Waals surface area contributed by atoms with Crippen LogP contribution in [0.5, 0.6) is 0 Å². The van der Waals surface area contributed by atoms with Crippen LogP contribution in [0, 0.1) is 5.92 Å². The molecule has 0 bridgehead atoms. The van der Waals surface area contributed by atoms with Gasteiger partial charge in [-0.1, -0.05) is 23.7 Å². The summed E-state index contributed by atoms with van der Waals surface area (Å²) in [5, 5.41) is 4.44. The zero-order chi connectivity index (χ0) is 10.8. The predicted octanol–water partition coefficient (Wildman–Crippen LogP) is 3.79. The van der Waals surface area contributed by atoms with E-state index in [2.05, 4.69) is 31.3 Å². The molecule has 0 heterocycles. The Morgan fingerprint density at radius 3 is 2.33 bits per heavy atom. The lowest BCUT2D eigenvalue weighted by Crippen LogP contribution is -2.30. The molecular weight excluding hydrogens is 206 g/mol. The van der Waals surface area contributed by atoms with Crippen LogP contribution >= 0.6 is 11.6 Å². The van der Waals surface area contributed by atoms with Gasteiger partial charge in [0.05, 0.1) is 0 Å². The highest BCUT2D eigenvalue weighted by atomic mass is 35.5. The van der Waals surface area contributed by atoms with Crippen LogP contribution in [0.3, 0.4) is 0 Å². The first-order valence-corrected chi connectivity index (χ1v) is 6.06. The lowest BCUT2D eigenvalue weighted by molar-refractivity contribution is 0.441. The molecule has 2 heteroatoms. The highest BCUT2D eigenvalue weighted by molar-refractivity contribution is 6.30. The number of rotatable bonds is 4. The van der Waals surface area contributed by atoms with Crippen LogP contribution in [0.2, 0.25) is 5.02 Å². The van der Waals surface area contributed by atoms with Crippen LogP contribution in [0.1, 0.15) is 38.3 Å². The van der Waals surface area contributed by atoms with E-state index in [-0.39, 0.29) is 0 Å². The van der Waals surface area contributed by atoms with Gasteiger partial charge in [-0.25, -0.2) is 0 Å². The molecule has 1 aromatic carbocycles. The minimum absolute atomic E-state index is 0.415. The van der Waals surface area contributed by atoms with E-state index in [1.165, 1.54) is 18.4 Å². The molecule has 0 aliphatic heterocycles. The van der Waals surface area contributed by atoms with Gasteiger partial charge in [0.2, 0.25) is 0 Å². The Kier molecular flexibility index (Phi) is 3.32. The lowest BCUT2D eigenvalue weighted by Gasteiger charge is -2.20. The summed E-state index contributed by atoms with van der Waals surface area (Å²) in [5.41, 5.74) is 1.31. The minimum atomic E-state index is 0.415. The first kappa shape index (κ1) is 11.0. The molecule has 1 aliphatic carbocycles. The normalized spacial score (nSPS) is 19.9. The van der Waals surface area contributed by atoms with Gasteiger partial charge in [0, 0.05) is 17.1 Å². The third-order valence-corrected chi connectivity index (χ3v) is 3.46. The fraction of sp³-hybridized carbons (Fsp3) is 0.538. The average molecular weight is 224 g/mol. The van der Waals surface area contributed by atoms with Crippen molar-refractivity contribution in [3.05, 3.63) is 34.9 Å². The van der Waals surface area contributed by atoms with Crippen LogP contribution in [0.4, 0.5) is 0 Å². The van der Waals surface area contributed by atoms with Gasteiger partial charge in [-0.15, -0.1) is 0 Å². The second kappa shape index (κ2) is 4.54. The smallest absolute Gasteiger partial charge is 0.0406 e. The zero-order valence-corrected chi connectivity index (χ0v) is 10.1. The molecule has 2 atom stereocenters. The summed E-state index contributed by atoms with van der Waals surface area (Å²) in [6.45, 7) is 4.49. The first-order valence-electron chi connectivity index (χ1n) is 5.68. The topological polar surface area (TPSA) is 12.0 Å². The Morgan fingerprint density at radius 1 is 1.20 bits per heavy atom. The molecule has 0 aromatic heterocycles. The molecule has 82 valence electrons. The molecule has 0 radical (unpaired) electrons. The minimum Gasteiger partial charge on any atom is -0.307 e. The van der Waals surface area contributed by atoms with E-state index in [4.69, 9.17) is 11.6 Å². The molecule has 1 nitrogen and oxygen atoms in total. The maximum Gasteiger partial charge on any atom is 0.0406 e. The highest BCUT2D eigenvalue weighted by Gasteiger charge is 2.28. The first-order chi connectivity index (χ1) is 7.16. The summed E-state index contributed by atoms with van der Waals surface area (Å²) in [5.74, 6) is 0.903. The Hall–Kier alpha value is -0.530. The summed E-state index contributed by atoms with van der Waals surface area (Å²) in [6, 6.07) is 9.15. The maximum absolute atomic E-state index is 5.86. The van der Waals surface area contributed by atoms with Crippen molar-refractivity contribution in [1.82, 2.24) is 5.32 Å². The number of benzene rings is 1. The fourth-order valence-electron chi connectivity index (χ4n) is 1.97. The van der Waals surface area contributed by atoms with Gasteiger partial charge in [-0.2, -0.15) is 0 Å². The van der Waals surface area contributed by atoms with E-state index in [0.717, 1.165) is 10.9 Å². The second-order valence-electron chi connectivity index (χ2n) is 4.57. The molecule has 1 N–H and O–H groups in total. The molecule has 15 heavy (non-hydrogen) atoms. The molecule has 0 amide bonds. The zero-order valence-electron chi connectivity index (χ0n) is 9.33. The van der Waals surface area contributed by atoms with Crippen molar-refractivity contribution in [3.63, 3.8) is 0 Å². The molecule has 0 saturated heterocycles. The summed E-state index contributed by atoms with van der Waals surface area (Å²) in [7, 11) is 0. The average Bonchev–Trinajstić information content (AvgIpc) is 3.01. The summed E-state index contributed by atoms with van der Waals surface area (Å²) < 4.78 is 0. The Morgan fingerprint density at radius 2 is 1.80 bits per heavy atom. The van der Waals surface area contributed by atoms with Crippen molar-refractivity contribution in [3.8, 4) is 0 Å². The molecule has 1 fully saturated rings. The van der Waals surface area contributed by atoms with E-state index in [1.54, 1.807) is 0 Å². The molecule has 2 rings (SSSR count). The van der Waals surface area contributed by atoms with Gasteiger partial charge in [0.1, 0.15) is 0 Å². The van der Waals surface area contributed by atoms with Crippen LogP contribution in [-0.2, 0) is 0 Å². The van der Waals surface area contributed by atoms with Crippen molar-refractivity contribution >= 4 is 11.6 Å². The van der Waals surface area contributed by atoms with Crippen molar-refractivity contribution in [2.45, 2.75) is 38.8 Å². The van der Waals surface area contributed by atoms with Crippen molar-refractivity contribution in [2.24, 2.45) is 5.92 Å². The van der Waals surface area contributed by atoms with Crippen LogP contribution in [0.15, 0.2) is 24.3 Å². The molecular formula is C13H18ClN. The summed E-state index contributed by atoms with van der Waals surface area (Å²) >= 11 is 5.86. The monoisotopic (exact) mass is 223 g/mol. The third-order valence-electron chi connectivity index (χ3n) is 3.21. The summed E-state index contributed by atoms with van der Waals surface area (Å²) in [6.07, 6.45) is 2.78.